The first kappa shape index (κ1) is 17.2. The lowest BCUT2D eigenvalue weighted by atomic mass is 10.2. The van der Waals surface area contributed by atoms with Crippen molar-refractivity contribution in [1.29, 1.82) is 0 Å². The Morgan fingerprint density at radius 2 is 1.61 bits per heavy atom. The number of aliphatic hydroxyl groups is 2. The molecule has 0 aliphatic heterocycles. The second-order valence-corrected chi connectivity index (χ2v) is 3.92. The SMILES string of the molecule is O=[PH](O)OCc1ccccc1.OCCOCCO. The Hall–Kier alpha value is -0.750. The van der Waals surface area contributed by atoms with Gasteiger partial charge in [0.25, 0.3) is 0 Å². The molecule has 0 spiro atoms. The highest BCUT2D eigenvalue weighted by molar-refractivity contribution is 7.32. The second kappa shape index (κ2) is 12.7. The molecular weight excluding hydrogens is 259 g/mol. The van der Waals surface area contributed by atoms with Gasteiger partial charge in [-0.05, 0) is 5.56 Å². The minimum atomic E-state index is -2.78. The molecule has 1 unspecified atom stereocenters. The Bertz CT molecular complexity index is 302. The quantitative estimate of drug-likeness (QED) is 0.498. The number of rotatable bonds is 7. The van der Waals surface area contributed by atoms with Gasteiger partial charge in [-0.1, -0.05) is 30.3 Å². The summed E-state index contributed by atoms with van der Waals surface area (Å²) in [5.74, 6) is 0. The van der Waals surface area contributed by atoms with Crippen LogP contribution < -0.4 is 0 Å². The number of hydrogen-bond acceptors (Lipinski definition) is 5. The van der Waals surface area contributed by atoms with Crippen LogP contribution >= 0.6 is 8.25 Å². The molecule has 1 aromatic rings. The van der Waals surface area contributed by atoms with Crippen LogP contribution in [0.3, 0.4) is 0 Å². The first-order valence-corrected chi connectivity index (χ1v) is 6.66. The van der Waals surface area contributed by atoms with E-state index >= 15 is 0 Å². The van der Waals surface area contributed by atoms with Gasteiger partial charge in [-0.15, -0.1) is 0 Å². The fourth-order valence-electron chi connectivity index (χ4n) is 0.950. The highest BCUT2D eigenvalue weighted by Crippen LogP contribution is 2.17. The lowest BCUT2D eigenvalue weighted by Crippen LogP contribution is -2.03. The zero-order valence-corrected chi connectivity index (χ0v) is 11.0. The van der Waals surface area contributed by atoms with Crippen molar-refractivity contribution in [2.24, 2.45) is 0 Å². The number of ether oxygens (including phenoxy) is 1. The van der Waals surface area contributed by atoms with Gasteiger partial charge in [-0.3, -0.25) is 4.57 Å². The summed E-state index contributed by atoms with van der Waals surface area (Å²) in [4.78, 5) is 8.34. The predicted molar refractivity (Wildman–Crippen MR) is 67.4 cm³/mol. The van der Waals surface area contributed by atoms with E-state index in [0.29, 0.717) is 13.2 Å². The maximum Gasteiger partial charge on any atom is 0.316 e. The van der Waals surface area contributed by atoms with E-state index in [2.05, 4.69) is 9.26 Å². The molecule has 0 heterocycles. The number of benzene rings is 1. The van der Waals surface area contributed by atoms with Crippen molar-refractivity contribution in [2.75, 3.05) is 26.4 Å². The molecule has 0 aliphatic carbocycles. The maximum absolute atomic E-state index is 10.1. The molecule has 104 valence electrons. The molecule has 0 saturated carbocycles. The topological polar surface area (TPSA) is 96.2 Å². The largest absolute Gasteiger partial charge is 0.394 e. The molecular formula is C11H19O6P. The van der Waals surface area contributed by atoms with Gasteiger partial charge >= 0.3 is 8.25 Å². The summed E-state index contributed by atoms with van der Waals surface area (Å²) in [7, 11) is -2.78. The summed E-state index contributed by atoms with van der Waals surface area (Å²) >= 11 is 0. The molecule has 18 heavy (non-hydrogen) atoms. The molecule has 3 N–H and O–H groups in total. The van der Waals surface area contributed by atoms with E-state index in [4.69, 9.17) is 15.1 Å². The predicted octanol–water partition coefficient (Wildman–Crippen LogP) is 0.573. The smallest absolute Gasteiger partial charge is 0.316 e. The summed E-state index contributed by atoms with van der Waals surface area (Å²) in [5, 5.41) is 16.2. The van der Waals surface area contributed by atoms with Crippen LogP contribution in [0.25, 0.3) is 0 Å². The average molecular weight is 278 g/mol. The molecule has 1 rings (SSSR count). The van der Waals surface area contributed by atoms with Crippen molar-refractivity contribution in [3.05, 3.63) is 35.9 Å². The van der Waals surface area contributed by atoms with Crippen LogP contribution in [0, 0.1) is 0 Å². The van der Waals surface area contributed by atoms with Crippen LogP contribution in [0.15, 0.2) is 30.3 Å². The van der Waals surface area contributed by atoms with Crippen LogP contribution in [0.5, 0.6) is 0 Å². The van der Waals surface area contributed by atoms with Gasteiger partial charge in [-0.25, -0.2) is 0 Å². The molecule has 0 aromatic heterocycles. The fraction of sp³-hybridized carbons (Fsp3) is 0.455. The summed E-state index contributed by atoms with van der Waals surface area (Å²) in [5.41, 5.74) is 0.903. The van der Waals surface area contributed by atoms with Crippen molar-refractivity contribution >= 4 is 8.25 Å². The average Bonchev–Trinajstić information content (AvgIpc) is 2.39. The van der Waals surface area contributed by atoms with Gasteiger partial charge in [0.1, 0.15) is 0 Å². The third-order valence-corrected chi connectivity index (χ3v) is 2.07. The van der Waals surface area contributed by atoms with Gasteiger partial charge < -0.3 is 24.4 Å². The van der Waals surface area contributed by atoms with E-state index in [1.807, 2.05) is 30.3 Å². The highest BCUT2D eigenvalue weighted by atomic mass is 31.1. The van der Waals surface area contributed by atoms with Gasteiger partial charge in [0, 0.05) is 0 Å². The fourth-order valence-corrected chi connectivity index (χ4v) is 1.24. The van der Waals surface area contributed by atoms with Crippen LogP contribution in [0.2, 0.25) is 0 Å². The Balaban J connectivity index is 0.000000360. The molecule has 7 heteroatoms. The summed E-state index contributed by atoms with van der Waals surface area (Å²) in [6, 6.07) is 9.27. The van der Waals surface area contributed by atoms with E-state index in [1.165, 1.54) is 0 Å². The molecule has 0 radical (unpaired) electrons. The lowest BCUT2D eigenvalue weighted by molar-refractivity contribution is 0.0650. The zero-order chi connectivity index (χ0) is 13.6. The molecule has 1 aromatic carbocycles. The Morgan fingerprint density at radius 3 is 2.06 bits per heavy atom. The molecule has 1 atom stereocenters. The van der Waals surface area contributed by atoms with Crippen LogP contribution in [-0.4, -0.2) is 41.5 Å². The molecule has 0 amide bonds. The monoisotopic (exact) mass is 278 g/mol. The maximum atomic E-state index is 10.1. The van der Waals surface area contributed by atoms with E-state index in [0.717, 1.165) is 5.56 Å². The third kappa shape index (κ3) is 11.7. The summed E-state index contributed by atoms with van der Waals surface area (Å²) < 4.78 is 19.3. The minimum absolute atomic E-state index is 0.0278. The normalized spacial score (nSPS) is 11.5. The van der Waals surface area contributed by atoms with Crippen molar-refractivity contribution in [2.45, 2.75) is 6.61 Å². The number of aliphatic hydroxyl groups excluding tert-OH is 2. The second-order valence-electron chi connectivity index (χ2n) is 3.10. The standard InChI is InChI=1S/C7H9O3P.C4H10O3/c8-11(9)10-6-7-4-2-1-3-5-7;5-1-3-7-4-2-6/h1-5,11H,6H2,(H,8,9);5-6H,1-4H2. The highest BCUT2D eigenvalue weighted by Gasteiger charge is 1.93. The Morgan fingerprint density at radius 1 is 1.06 bits per heavy atom. The van der Waals surface area contributed by atoms with Crippen molar-refractivity contribution in [3.63, 3.8) is 0 Å². The first-order valence-electron chi connectivity index (χ1n) is 5.39. The third-order valence-electron chi connectivity index (χ3n) is 1.68. The van der Waals surface area contributed by atoms with Crippen LogP contribution in [-0.2, 0) is 20.4 Å². The van der Waals surface area contributed by atoms with Gasteiger partial charge in [-0.2, -0.15) is 0 Å². The number of hydrogen-bond donors (Lipinski definition) is 3. The molecule has 0 bridgehead atoms. The molecule has 6 nitrogen and oxygen atoms in total. The zero-order valence-electron chi connectivity index (χ0n) is 9.99. The Kier molecular flexibility index (Phi) is 12.2. The Labute approximate surface area is 107 Å². The van der Waals surface area contributed by atoms with E-state index < -0.39 is 8.25 Å². The first-order chi connectivity index (χ1) is 8.70. The van der Waals surface area contributed by atoms with Crippen LogP contribution in [0.4, 0.5) is 0 Å². The van der Waals surface area contributed by atoms with Crippen molar-refractivity contribution < 1.29 is 28.9 Å². The van der Waals surface area contributed by atoms with Crippen LogP contribution in [0.1, 0.15) is 5.56 Å². The molecule has 0 fully saturated rings. The molecule has 0 aliphatic rings. The lowest BCUT2D eigenvalue weighted by Gasteiger charge is -1.98. The van der Waals surface area contributed by atoms with E-state index in [1.54, 1.807) is 0 Å². The summed E-state index contributed by atoms with van der Waals surface area (Å²) in [6.07, 6.45) is 0. The van der Waals surface area contributed by atoms with E-state index in [-0.39, 0.29) is 19.8 Å². The summed E-state index contributed by atoms with van der Waals surface area (Å²) in [6.45, 7) is 0.899. The minimum Gasteiger partial charge on any atom is -0.394 e. The van der Waals surface area contributed by atoms with Gasteiger partial charge in [0.2, 0.25) is 0 Å². The van der Waals surface area contributed by atoms with Gasteiger partial charge in [0.05, 0.1) is 33.0 Å². The van der Waals surface area contributed by atoms with E-state index in [9.17, 15) is 4.57 Å². The van der Waals surface area contributed by atoms with Crippen molar-refractivity contribution in [1.82, 2.24) is 0 Å². The molecule has 0 saturated heterocycles. The van der Waals surface area contributed by atoms with Gasteiger partial charge in [0.15, 0.2) is 0 Å². The van der Waals surface area contributed by atoms with Crippen molar-refractivity contribution in [3.8, 4) is 0 Å².